The summed E-state index contributed by atoms with van der Waals surface area (Å²) in [4.78, 5) is 12.0. The lowest BCUT2D eigenvalue weighted by atomic mass is 10.0. The first-order valence-electron chi connectivity index (χ1n) is 7.25. The topological polar surface area (TPSA) is 67.2 Å². The van der Waals surface area contributed by atoms with Crippen LogP contribution in [0.25, 0.3) is 5.69 Å². The molecule has 1 aromatic carbocycles. The smallest absolute Gasteiger partial charge is 0.251 e. The van der Waals surface area contributed by atoms with E-state index in [-0.39, 0.29) is 23.1 Å². The third-order valence-electron chi connectivity index (χ3n) is 3.46. The summed E-state index contributed by atoms with van der Waals surface area (Å²) in [6.45, 7) is 4.17. The number of carbonyl (C=O) groups is 1. The molecule has 2 rings (SSSR count). The van der Waals surface area contributed by atoms with Gasteiger partial charge in [-0.3, -0.25) is 4.79 Å². The van der Waals surface area contributed by atoms with Crippen LogP contribution in [0, 0.1) is 11.7 Å². The van der Waals surface area contributed by atoms with Gasteiger partial charge in [0, 0.05) is 24.5 Å². The van der Waals surface area contributed by atoms with Gasteiger partial charge in [0.1, 0.15) is 11.5 Å². The summed E-state index contributed by atoms with van der Waals surface area (Å²) in [5.74, 6) is -0.733. The molecule has 0 saturated carbocycles. The number of amides is 1. The Balaban J connectivity index is 1.98. The molecule has 6 heteroatoms. The van der Waals surface area contributed by atoms with E-state index >= 15 is 0 Å². The van der Waals surface area contributed by atoms with Gasteiger partial charge in [-0.15, -0.1) is 0 Å². The molecule has 1 unspecified atom stereocenters. The van der Waals surface area contributed by atoms with Crippen LogP contribution in [-0.4, -0.2) is 33.4 Å². The fraction of sp³-hybridized carbons (Fsp3) is 0.375. The standard InChI is InChI=1S/C16H20FN3O2/c1-11(2)15(21)6-8-18-16(22)12-4-5-14(13(17)10-12)20-9-3-7-19-20/h3-5,7,9-11,15,21H,6,8H2,1-2H3,(H,18,22). The van der Waals surface area contributed by atoms with E-state index in [0.717, 1.165) is 0 Å². The van der Waals surface area contributed by atoms with Gasteiger partial charge in [0.05, 0.1) is 6.10 Å². The molecular weight excluding hydrogens is 285 g/mol. The molecule has 22 heavy (non-hydrogen) atoms. The van der Waals surface area contributed by atoms with Crippen LogP contribution in [0.4, 0.5) is 4.39 Å². The fourth-order valence-corrected chi connectivity index (χ4v) is 2.01. The molecule has 0 bridgehead atoms. The molecule has 1 atom stereocenters. The monoisotopic (exact) mass is 305 g/mol. The Hall–Kier alpha value is -2.21. The lowest BCUT2D eigenvalue weighted by Gasteiger charge is -2.14. The number of carbonyl (C=O) groups excluding carboxylic acids is 1. The number of hydrogen-bond donors (Lipinski definition) is 2. The molecule has 0 aliphatic carbocycles. The molecule has 2 N–H and O–H groups in total. The SMILES string of the molecule is CC(C)C(O)CCNC(=O)c1ccc(-n2cccn2)c(F)c1. The molecule has 0 radical (unpaired) electrons. The molecule has 0 fully saturated rings. The van der Waals surface area contributed by atoms with Crippen LogP contribution in [0.2, 0.25) is 0 Å². The molecule has 1 aromatic heterocycles. The van der Waals surface area contributed by atoms with Gasteiger partial charge in [-0.25, -0.2) is 9.07 Å². The van der Waals surface area contributed by atoms with Crippen LogP contribution in [0.1, 0.15) is 30.6 Å². The summed E-state index contributed by atoms with van der Waals surface area (Å²) in [6, 6.07) is 5.94. The predicted molar refractivity (Wildman–Crippen MR) is 81.3 cm³/mol. The minimum absolute atomic E-state index is 0.141. The van der Waals surface area contributed by atoms with Crippen molar-refractivity contribution in [2.75, 3.05) is 6.54 Å². The number of nitrogens with zero attached hydrogens (tertiary/aromatic N) is 2. The summed E-state index contributed by atoms with van der Waals surface area (Å²) in [7, 11) is 0. The number of rotatable bonds is 6. The molecule has 0 spiro atoms. The summed E-state index contributed by atoms with van der Waals surface area (Å²) in [6.07, 6.45) is 3.20. The highest BCUT2D eigenvalue weighted by Crippen LogP contribution is 2.14. The second kappa shape index (κ2) is 7.17. The van der Waals surface area contributed by atoms with Gasteiger partial charge in [-0.05, 0) is 36.6 Å². The van der Waals surface area contributed by atoms with Crippen molar-refractivity contribution >= 4 is 5.91 Å². The van der Waals surface area contributed by atoms with Gasteiger partial charge in [-0.1, -0.05) is 13.8 Å². The van der Waals surface area contributed by atoms with Crippen molar-refractivity contribution in [2.45, 2.75) is 26.4 Å². The Morgan fingerprint density at radius 1 is 1.45 bits per heavy atom. The van der Waals surface area contributed by atoms with E-state index in [9.17, 15) is 14.3 Å². The summed E-state index contributed by atoms with van der Waals surface area (Å²) >= 11 is 0. The van der Waals surface area contributed by atoms with Gasteiger partial charge in [-0.2, -0.15) is 5.10 Å². The predicted octanol–water partition coefficient (Wildman–Crippen LogP) is 2.15. The maximum Gasteiger partial charge on any atom is 0.251 e. The number of nitrogens with one attached hydrogen (secondary N) is 1. The van der Waals surface area contributed by atoms with Crippen LogP contribution in [-0.2, 0) is 0 Å². The highest BCUT2D eigenvalue weighted by atomic mass is 19.1. The van der Waals surface area contributed by atoms with E-state index in [4.69, 9.17) is 0 Å². The quantitative estimate of drug-likeness (QED) is 0.859. The Labute approximate surface area is 128 Å². The highest BCUT2D eigenvalue weighted by Gasteiger charge is 2.13. The van der Waals surface area contributed by atoms with E-state index < -0.39 is 11.9 Å². The van der Waals surface area contributed by atoms with Crippen LogP contribution in [0.5, 0.6) is 0 Å². The number of benzene rings is 1. The van der Waals surface area contributed by atoms with Crippen molar-refractivity contribution in [2.24, 2.45) is 5.92 Å². The van der Waals surface area contributed by atoms with Crippen LogP contribution in [0.15, 0.2) is 36.7 Å². The molecule has 0 aliphatic rings. The molecular formula is C16H20FN3O2. The average molecular weight is 305 g/mol. The van der Waals surface area contributed by atoms with Crippen LogP contribution in [0.3, 0.4) is 0 Å². The fourth-order valence-electron chi connectivity index (χ4n) is 2.01. The van der Waals surface area contributed by atoms with Crippen molar-refractivity contribution < 1.29 is 14.3 Å². The van der Waals surface area contributed by atoms with Crippen molar-refractivity contribution in [3.8, 4) is 5.69 Å². The minimum atomic E-state index is -0.515. The van der Waals surface area contributed by atoms with Crippen LogP contribution < -0.4 is 5.32 Å². The molecule has 1 heterocycles. The summed E-state index contributed by atoms with van der Waals surface area (Å²) < 4.78 is 15.4. The third kappa shape index (κ3) is 3.92. The van der Waals surface area contributed by atoms with E-state index in [1.807, 2.05) is 13.8 Å². The Morgan fingerprint density at radius 3 is 2.82 bits per heavy atom. The molecule has 118 valence electrons. The second-order valence-corrected chi connectivity index (χ2v) is 5.47. The van der Waals surface area contributed by atoms with E-state index in [1.165, 1.54) is 16.8 Å². The first-order valence-corrected chi connectivity index (χ1v) is 7.25. The minimum Gasteiger partial charge on any atom is -0.393 e. The average Bonchev–Trinajstić information content (AvgIpc) is 3.00. The largest absolute Gasteiger partial charge is 0.393 e. The van der Waals surface area contributed by atoms with Gasteiger partial charge >= 0.3 is 0 Å². The van der Waals surface area contributed by atoms with Gasteiger partial charge in [0.15, 0.2) is 0 Å². The Bertz CT molecular complexity index is 626. The zero-order chi connectivity index (χ0) is 16.1. The van der Waals surface area contributed by atoms with Gasteiger partial charge in [0.25, 0.3) is 5.91 Å². The number of aliphatic hydroxyl groups is 1. The number of hydrogen-bond acceptors (Lipinski definition) is 3. The summed E-state index contributed by atoms with van der Waals surface area (Å²) in [5, 5.41) is 16.3. The van der Waals surface area contributed by atoms with E-state index in [2.05, 4.69) is 10.4 Å². The molecule has 5 nitrogen and oxygen atoms in total. The molecule has 0 aliphatic heterocycles. The van der Waals surface area contributed by atoms with Crippen molar-refractivity contribution in [3.63, 3.8) is 0 Å². The zero-order valence-electron chi connectivity index (χ0n) is 12.7. The van der Waals surface area contributed by atoms with Crippen LogP contribution >= 0.6 is 0 Å². The zero-order valence-corrected chi connectivity index (χ0v) is 12.7. The lowest BCUT2D eigenvalue weighted by Crippen LogP contribution is -2.28. The number of halogens is 1. The molecule has 0 saturated heterocycles. The van der Waals surface area contributed by atoms with Crippen molar-refractivity contribution in [1.29, 1.82) is 0 Å². The Morgan fingerprint density at radius 2 is 2.23 bits per heavy atom. The van der Waals surface area contributed by atoms with Crippen molar-refractivity contribution in [3.05, 3.63) is 48.0 Å². The second-order valence-electron chi connectivity index (χ2n) is 5.47. The summed E-state index contributed by atoms with van der Waals surface area (Å²) in [5.41, 5.74) is 0.532. The van der Waals surface area contributed by atoms with Crippen molar-refractivity contribution in [1.82, 2.24) is 15.1 Å². The number of aromatic nitrogens is 2. The molecule has 1 amide bonds. The lowest BCUT2D eigenvalue weighted by molar-refractivity contribution is 0.0919. The third-order valence-corrected chi connectivity index (χ3v) is 3.46. The normalized spacial score (nSPS) is 12.4. The van der Waals surface area contributed by atoms with Gasteiger partial charge in [0.2, 0.25) is 0 Å². The maximum absolute atomic E-state index is 14.0. The first-order chi connectivity index (χ1) is 10.5. The highest BCUT2D eigenvalue weighted by molar-refractivity contribution is 5.94. The maximum atomic E-state index is 14.0. The van der Waals surface area contributed by atoms with Gasteiger partial charge < -0.3 is 10.4 Å². The number of aliphatic hydroxyl groups excluding tert-OH is 1. The Kier molecular flexibility index (Phi) is 5.27. The first kappa shape index (κ1) is 16.2. The molecule has 2 aromatic rings. The van der Waals surface area contributed by atoms with E-state index in [1.54, 1.807) is 24.5 Å². The van der Waals surface area contributed by atoms with E-state index in [0.29, 0.717) is 13.0 Å².